The standard InChI is InChI=1S/C19H22ClF3N2O3S/c1-18(2)10-25(9-13-4-3-7-27-13)17(29-18)24-16(26)14-8-12(20)5-6-15(14)28-11-19(21,22)23/h5-6,8,13H,3-4,7,9-11H2,1-2H3/t13-/m1/s1. The molecule has 1 aromatic carbocycles. The van der Waals surface area contributed by atoms with Crippen LogP contribution in [0.4, 0.5) is 13.2 Å². The summed E-state index contributed by atoms with van der Waals surface area (Å²) in [6, 6.07) is 3.89. The Morgan fingerprint density at radius 3 is 2.86 bits per heavy atom. The van der Waals surface area contributed by atoms with Gasteiger partial charge < -0.3 is 14.4 Å². The number of hydrogen-bond acceptors (Lipinski definition) is 4. The molecule has 1 amide bonds. The maximum absolute atomic E-state index is 12.8. The predicted molar refractivity (Wildman–Crippen MR) is 107 cm³/mol. The van der Waals surface area contributed by atoms with Crippen LogP contribution < -0.4 is 4.74 Å². The van der Waals surface area contributed by atoms with Gasteiger partial charge in [0.2, 0.25) is 0 Å². The molecule has 5 nitrogen and oxygen atoms in total. The van der Waals surface area contributed by atoms with E-state index >= 15 is 0 Å². The van der Waals surface area contributed by atoms with E-state index in [4.69, 9.17) is 21.1 Å². The minimum atomic E-state index is -4.52. The minimum absolute atomic E-state index is 0.0849. The first-order valence-electron chi connectivity index (χ1n) is 9.20. The fraction of sp³-hybridized carbons (Fsp3) is 0.579. The van der Waals surface area contributed by atoms with E-state index in [2.05, 4.69) is 4.99 Å². The topological polar surface area (TPSA) is 51.1 Å². The molecule has 1 aromatic rings. The van der Waals surface area contributed by atoms with E-state index in [0.29, 0.717) is 18.3 Å². The third-order valence-electron chi connectivity index (χ3n) is 4.42. The summed E-state index contributed by atoms with van der Waals surface area (Å²) in [6.07, 6.45) is -2.48. The van der Waals surface area contributed by atoms with Crippen molar-refractivity contribution in [1.29, 1.82) is 0 Å². The van der Waals surface area contributed by atoms with Crippen molar-refractivity contribution in [3.63, 3.8) is 0 Å². The van der Waals surface area contributed by atoms with E-state index < -0.39 is 18.7 Å². The Morgan fingerprint density at radius 2 is 2.21 bits per heavy atom. The SMILES string of the molecule is CC1(C)CN(C[C@H]2CCCO2)C(=NC(=O)c2cc(Cl)ccc2OCC(F)(F)F)S1. The number of hydrogen-bond donors (Lipinski definition) is 0. The first-order valence-corrected chi connectivity index (χ1v) is 10.4. The van der Waals surface area contributed by atoms with E-state index in [1.807, 2.05) is 18.7 Å². The lowest BCUT2D eigenvalue weighted by Gasteiger charge is -2.22. The van der Waals surface area contributed by atoms with Crippen LogP contribution in [0.1, 0.15) is 37.0 Å². The van der Waals surface area contributed by atoms with Crippen LogP contribution in [-0.2, 0) is 4.74 Å². The highest BCUT2D eigenvalue weighted by atomic mass is 35.5. The first kappa shape index (κ1) is 22.2. The maximum Gasteiger partial charge on any atom is 0.422 e. The molecule has 0 spiro atoms. The number of halogens is 4. The summed E-state index contributed by atoms with van der Waals surface area (Å²) in [5.41, 5.74) is -0.100. The summed E-state index contributed by atoms with van der Waals surface area (Å²) in [7, 11) is 0. The highest BCUT2D eigenvalue weighted by Gasteiger charge is 2.37. The number of carbonyl (C=O) groups excluding carboxylic acids is 1. The van der Waals surface area contributed by atoms with E-state index in [1.54, 1.807) is 0 Å². The lowest BCUT2D eigenvalue weighted by molar-refractivity contribution is -0.153. The molecule has 3 rings (SSSR count). The molecule has 2 aliphatic heterocycles. The van der Waals surface area contributed by atoms with E-state index in [9.17, 15) is 18.0 Å². The molecule has 2 fully saturated rings. The van der Waals surface area contributed by atoms with Crippen LogP contribution in [0.5, 0.6) is 5.75 Å². The van der Waals surface area contributed by atoms with Crippen LogP contribution in [0.25, 0.3) is 0 Å². The molecular formula is C19H22ClF3N2O3S. The molecular weight excluding hydrogens is 429 g/mol. The second-order valence-corrected chi connectivity index (χ2v) is 9.73. The number of ether oxygens (including phenoxy) is 2. The highest BCUT2D eigenvalue weighted by Crippen LogP contribution is 2.37. The molecule has 0 aromatic heterocycles. The molecule has 2 saturated heterocycles. The summed E-state index contributed by atoms with van der Waals surface area (Å²) >= 11 is 7.40. The maximum atomic E-state index is 12.8. The molecule has 0 unspecified atom stereocenters. The normalized spacial score (nSPS) is 23.0. The fourth-order valence-electron chi connectivity index (χ4n) is 3.24. The Bertz CT molecular complexity index is 795. The largest absolute Gasteiger partial charge is 0.483 e. The second-order valence-electron chi connectivity index (χ2n) is 7.62. The third-order valence-corrected chi connectivity index (χ3v) is 5.87. The van der Waals surface area contributed by atoms with Crippen LogP contribution in [0.3, 0.4) is 0 Å². The van der Waals surface area contributed by atoms with Crippen LogP contribution in [0, 0.1) is 0 Å². The zero-order chi connectivity index (χ0) is 21.2. The Morgan fingerprint density at radius 1 is 1.45 bits per heavy atom. The van der Waals surface area contributed by atoms with Crippen molar-refractivity contribution in [3.05, 3.63) is 28.8 Å². The number of aliphatic imine (C=N–C) groups is 1. The van der Waals surface area contributed by atoms with Gasteiger partial charge in [0, 0.05) is 29.5 Å². The minimum Gasteiger partial charge on any atom is -0.483 e. The second kappa shape index (κ2) is 8.73. The quantitative estimate of drug-likeness (QED) is 0.646. The van der Waals surface area contributed by atoms with Gasteiger partial charge in [0.1, 0.15) is 5.75 Å². The molecule has 2 heterocycles. The van der Waals surface area contributed by atoms with Gasteiger partial charge in [0.25, 0.3) is 5.91 Å². The van der Waals surface area contributed by atoms with Crippen molar-refractivity contribution >= 4 is 34.4 Å². The summed E-state index contributed by atoms with van der Waals surface area (Å²) < 4.78 is 47.9. The summed E-state index contributed by atoms with van der Waals surface area (Å²) in [6.45, 7) is 4.63. The molecule has 29 heavy (non-hydrogen) atoms. The monoisotopic (exact) mass is 450 g/mol. The van der Waals surface area contributed by atoms with Gasteiger partial charge in [-0.3, -0.25) is 4.79 Å². The predicted octanol–water partition coefficient (Wildman–Crippen LogP) is 4.78. The van der Waals surface area contributed by atoms with Gasteiger partial charge in [0.15, 0.2) is 11.8 Å². The van der Waals surface area contributed by atoms with E-state index in [0.717, 1.165) is 19.4 Å². The zero-order valence-corrected chi connectivity index (χ0v) is 17.7. The number of nitrogens with zero attached hydrogens (tertiary/aromatic N) is 2. The number of benzene rings is 1. The average Bonchev–Trinajstić information content (AvgIpc) is 3.20. The Labute approximate surface area is 176 Å². The van der Waals surface area contributed by atoms with Gasteiger partial charge in [0.05, 0.1) is 11.7 Å². The zero-order valence-electron chi connectivity index (χ0n) is 16.1. The van der Waals surface area contributed by atoms with Gasteiger partial charge in [-0.2, -0.15) is 18.2 Å². The van der Waals surface area contributed by atoms with Crippen LogP contribution in [-0.4, -0.2) is 59.3 Å². The van der Waals surface area contributed by atoms with Crippen LogP contribution in [0.2, 0.25) is 5.02 Å². The van der Waals surface area contributed by atoms with Gasteiger partial charge in [-0.15, -0.1) is 0 Å². The van der Waals surface area contributed by atoms with Crippen molar-refractivity contribution in [1.82, 2.24) is 4.90 Å². The van der Waals surface area contributed by atoms with Crippen LogP contribution >= 0.6 is 23.4 Å². The Hall–Kier alpha value is -1.45. The van der Waals surface area contributed by atoms with Gasteiger partial charge >= 0.3 is 6.18 Å². The smallest absolute Gasteiger partial charge is 0.422 e. The first-order chi connectivity index (χ1) is 13.5. The van der Waals surface area contributed by atoms with Crippen molar-refractivity contribution in [2.24, 2.45) is 4.99 Å². The van der Waals surface area contributed by atoms with E-state index in [1.165, 1.54) is 30.0 Å². The molecule has 2 aliphatic rings. The number of thioether (sulfide) groups is 1. The number of carbonyl (C=O) groups is 1. The molecule has 1 atom stereocenters. The Balaban J connectivity index is 1.82. The van der Waals surface area contributed by atoms with Crippen molar-refractivity contribution in [2.75, 3.05) is 26.3 Å². The summed E-state index contributed by atoms with van der Waals surface area (Å²) in [5.74, 6) is -0.892. The molecule has 0 radical (unpaired) electrons. The van der Waals surface area contributed by atoms with Gasteiger partial charge in [-0.1, -0.05) is 23.4 Å². The molecule has 0 N–H and O–H groups in total. The average molecular weight is 451 g/mol. The summed E-state index contributed by atoms with van der Waals surface area (Å²) in [4.78, 5) is 19.0. The molecule has 0 bridgehead atoms. The lowest BCUT2D eigenvalue weighted by atomic mass is 10.1. The van der Waals surface area contributed by atoms with Gasteiger partial charge in [-0.25, -0.2) is 0 Å². The summed E-state index contributed by atoms with van der Waals surface area (Å²) in [5, 5.41) is 0.737. The van der Waals surface area contributed by atoms with Crippen molar-refractivity contribution in [3.8, 4) is 5.75 Å². The molecule has 160 valence electrons. The van der Waals surface area contributed by atoms with Gasteiger partial charge in [-0.05, 0) is 44.9 Å². The fourth-order valence-corrected chi connectivity index (χ4v) is 4.53. The molecule has 0 aliphatic carbocycles. The van der Waals surface area contributed by atoms with Crippen LogP contribution in [0.15, 0.2) is 23.2 Å². The number of amidine groups is 1. The van der Waals surface area contributed by atoms with Crippen molar-refractivity contribution in [2.45, 2.75) is 43.7 Å². The Kier molecular flexibility index (Phi) is 6.70. The number of alkyl halides is 3. The molecule has 0 saturated carbocycles. The van der Waals surface area contributed by atoms with E-state index in [-0.39, 0.29) is 27.2 Å². The highest BCUT2D eigenvalue weighted by molar-refractivity contribution is 8.15. The third kappa shape index (κ3) is 6.26. The number of rotatable bonds is 5. The molecule has 10 heteroatoms. The lowest BCUT2D eigenvalue weighted by Crippen LogP contribution is -2.35. The number of amides is 1. The van der Waals surface area contributed by atoms with Crippen molar-refractivity contribution < 1.29 is 27.4 Å².